The smallest absolute Gasteiger partial charge is 0.123 e. The Labute approximate surface area is 84.9 Å². The lowest BCUT2D eigenvalue weighted by Gasteiger charge is -2.15. The molecule has 14 heavy (non-hydrogen) atoms. The van der Waals surface area contributed by atoms with Crippen molar-refractivity contribution in [1.29, 1.82) is 0 Å². The molecule has 0 aromatic carbocycles. The Morgan fingerprint density at radius 2 is 2.36 bits per heavy atom. The van der Waals surface area contributed by atoms with Crippen molar-refractivity contribution in [3.63, 3.8) is 0 Å². The van der Waals surface area contributed by atoms with E-state index in [2.05, 4.69) is 16.9 Å². The summed E-state index contributed by atoms with van der Waals surface area (Å²) >= 11 is 0. The molecule has 3 nitrogen and oxygen atoms in total. The molecule has 1 aliphatic carbocycles. The van der Waals surface area contributed by atoms with Crippen molar-refractivity contribution >= 4 is 5.82 Å². The first-order chi connectivity index (χ1) is 6.74. The van der Waals surface area contributed by atoms with E-state index >= 15 is 0 Å². The van der Waals surface area contributed by atoms with Gasteiger partial charge in [0, 0.05) is 19.3 Å². The number of pyridine rings is 1. The second-order valence-corrected chi connectivity index (χ2v) is 4.23. The molecule has 0 spiro atoms. The minimum Gasteiger partial charge on any atom is -0.384 e. The molecular weight excluding hydrogens is 174 g/mol. The summed E-state index contributed by atoms with van der Waals surface area (Å²) in [5.74, 6) is 1.56. The zero-order valence-electron chi connectivity index (χ0n) is 8.61. The van der Waals surface area contributed by atoms with E-state index < -0.39 is 0 Å². The molecule has 1 aromatic heterocycles. The molecule has 0 radical (unpaired) electrons. The Hall–Kier alpha value is -1.09. The lowest BCUT2D eigenvalue weighted by Crippen LogP contribution is -2.20. The Bertz CT molecular complexity index is 307. The Balaban J connectivity index is 1.88. The van der Waals surface area contributed by atoms with Gasteiger partial charge in [-0.1, -0.05) is 0 Å². The number of rotatable bonds is 4. The van der Waals surface area contributed by atoms with Crippen LogP contribution in [0.25, 0.3) is 0 Å². The maximum absolute atomic E-state index is 5.62. The van der Waals surface area contributed by atoms with E-state index in [1.165, 1.54) is 24.9 Å². The van der Waals surface area contributed by atoms with Crippen molar-refractivity contribution in [1.82, 2.24) is 9.88 Å². The van der Waals surface area contributed by atoms with Gasteiger partial charge >= 0.3 is 0 Å². The molecule has 1 fully saturated rings. The Morgan fingerprint density at radius 1 is 1.57 bits per heavy atom. The first-order valence-corrected chi connectivity index (χ1v) is 5.13. The first-order valence-electron chi connectivity index (χ1n) is 5.13. The average Bonchev–Trinajstić information content (AvgIpc) is 2.87. The van der Waals surface area contributed by atoms with Crippen molar-refractivity contribution in [2.24, 2.45) is 5.92 Å². The summed E-state index contributed by atoms with van der Waals surface area (Å²) in [6, 6.07) is 3.98. The highest BCUT2D eigenvalue weighted by molar-refractivity contribution is 5.31. The molecule has 0 unspecified atom stereocenters. The first kappa shape index (κ1) is 9.46. The molecule has 1 aliphatic rings. The van der Waals surface area contributed by atoms with Gasteiger partial charge in [-0.15, -0.1) is 0 Å². The van der Waals surface area contributed by atoms with E-state index in [0.717, 1.165) is 12.5 Å². The van der Waals surface area contributed by atoms with Gasteiger partial charge in [0.1, 0.15) is 5.82 Å². The summed E-state index contributed by atoms with van der Waals surface area (Å²) in [5.41, 5.74) is 6.87. The van der Waals surface area contributed by atoms with Gasteiger partial charge in [-0.3, -0.25) is 0 Å². The fourth-order valence-electron chi connectivity index (χ4n) is 1.71. The Kier molecular flexibility index (Phi) is 2.68. The summed E-state index contributed by atoms with van der Waals surface area (Å²) in [7, 11) is 2.16. The van der Waals surface area contributed by atoms with E-state index in [1.807, 2.05) is 12.1 Å². The third-order valence-electron chi connectivity index (χ3n) is 2.56. The van der Waals surface area contributed by atoms with Crippen molar-refractivity contribution < 1.29 is 0 Å². The summed E-state index contributed by atoms with van der Waals surface area (Å²) in [6.45, 7) is 2.19. The van der Waals surface area contributed by atoms with Crippen molar-refractivity contribution in [2.75, 3.05) is 19.3 Å². The summed E-state index contributed by atoms with van der Waals surface area (Å²) < 4.78 is 0. The summed E-state index contributed by atoms with van der Waals surface area (Å²) in [4.78, 5) is 6.33. The molecular formula is C11H17N3. The van der Waals surface area contributed by atoms with Crippen LogP contribution in [-0.4, -0.2) is 23.5 Å². The van der Waals surface area contributed by atoms with Crippen molar-refractivity contribution in [3.8, 4) is 0 Å². The maximum atomic E-state index is 5.62. The van der Waals surface area contributed by atoms with Crippen LogP contribution in [-0.2, 0) is 6.54 Å². The maximum Gasteiger partial charge on any atom is 0.123 e. The van der Waals surface area contributed by atoms with Gasteiger partial charge in [-0.25, -0.2) is 4.98 Å². The third-order valence-corrected chi connectivity index (χ3v) is 2.56. The third kappa shape index (κ3) is 2.70. The number of nitrogens with two attached hydrogens (primary N) is 1. The SMILES string of the molecule is CN(Cc1ccnc(N)c1)CC1CC1. The molecule has 0 aliphatic heterocycles. The second-order valence-electron chi connectivity index (χ2n) is 4.23. The minimum absolute atomic E-state index is 0.613. The van der Waals surface area contributed by atoms with Crippen molar-refractivity contribution in [3.05, 3.63) is 23.9 Å². The zero-order chi connectivity index (χ0) is 9.97. The molecule has 1 saturated carbocycles. The van der Waals surface area contributed by atoms with Gasteiger partial charge in [0.2, 0.25) is 0 Å². The lowest BCUT2D eigenvalue weighted by molar-refractivity contribution is 0.313. The van der Waals surface area contributed by atoms with Gasteiger partial charge in [0.25, 0.3) is 0 Å². The highest BCUT2D eigenvalue weighted by atomic mass is 15.1. The van der Waals surface area contributed by atoms with Gasteiger partial charge in [0.05, 0.1) is 0 Å². The summed E-state index contributed by atoms with van der Waals surface area (Å²) in [5, 5.41) is 0. The Morgan fingerprint density at radius 3 is 3.00 bits per heavy atom. The minimum atomic E-state index is 0.613. The quantitative estimate of drug-likeness (QED) is 0.784. The standard InChI is InChI=1S/C11H17N3/c1-14(7-9-2-3-9)8-10-4-5-13-11(12)6-10/h4-6,9H,2-3,7-8H2,1H3,(H2,12,13). The van der Waals surface area contributed by atoms with Crippen LogP contribution < -0.4 is 5.73 Å². The number of nitrogen functional groups attached to an aromatic ring is 1. The van der Waals surface area contributed by atoms with Crippen molar-refractivity contribution in [2.45, 2.75) is 19.4 Å². The van der Waals surface area contributed by atoms with Crippen LogP contribution in [0.4, 0.5) is 5.82 Å². The number of hydrogen-bond acceptors (Lipinski definition) is 3. The van der Waals surface area contributed by atoms with E-state index in [9.17, 15) is 0 Å². The van der Waals surface area contributed by atoms with Gasteiger partial charge in [-0.2, -0.15) is 0 Å². The fraction of sp³-hybridized carbons (Fsp3) is 0.545. The number of hydrogen-bond donors (Lipinski definition) is 1. The number of anilines is 1. The molecule has 2 rings (SSSR count). The number of nitrogens with zero attached hydrogens (tertiary/aromatic N) is 2. The van der Waals surface area contributed by atoms with Crippen LogP contribution in [0.5, 0.6) is 0 Å². The van der Waals surface area contributed by atoms with Crippen LogP contribution >= 0.6 is 0 Å². The van der Waals surface area contributed by atoms with E-state index in [1.54, 1.807) is 6.20 Å². The fourth-order valence-corrected chi connectivity index (χ4v) is 1.71. The predicted octanol–water partition coefficient (Wildman–Crippen LogP) is 1.51. The topological polar surface area (TPSA) is 42.2 Å². The molecule has 0 amide bonds. The van der Waals surface area contributed by atoms with Crippen LogP contribution in [0, 0.1) is 5.92 Å². The highest BCUT2D eigenvalue weighted by Gasteiger charge is 2.22. The molecule has 2 N–H and O–H groups in total. The van der Waals surface area contributed by atoms with Crippen LogP contribution in [0.15, 0.2) is 18.3 Å². The van der Waals surface area contributed by atoms with Gasteiger partial charge in [0.15, 0.2) is 0 Å². The van der Waals surface area contributed by atoms with Crippen LogP contribution in [0.3, 0.4) is 0 Å². The lowest BCUT2D eigenvalue weighted by atomic mass is 10.2. The molecule has 1 aromatic rings. The average molecular weight is 191 g/mol. The van der Waals surface area contributed by atoms with E-state index in [0.29, 0.717) is 5.82 Å². The molecule has 0 saturated heterocycles. The molecule has 0 bridgehead atoms. The molecule has 1 heterocycles. The van der Waals surface area contributed by atoms with E-state index in [4.69, 9.17) is 5.73 Å². The van der Waals surface area contributed by atoms with Crippen LogP contribution in [0.2, 0.25) is 0 Å². The highest BCUT2D eigenvalue weighted by Crippen LogP contribution is 2.29. The second kappa shape index (κ2) is 3.96. The summed E-state index contributed by atoms with van der Waals surface area (Å²) in [6.07, 6.45) is 4.58. The van der Waals surface area contributed by atoms with Gasteiger partial charge < -0.3 is 10.6 Å². The number of aromatic nitrogens is 1. The monoisotopic (exact) mass is 191 g/mol. The van der Waals surface area contributed by atoms with Crippen LogP contribution in [0.1, 0.15) is 18.4 Å². The molecule has 0 atom stereocenters. The molecule has 76 valence electrons. The van der Waals surface area contributed by atoms with Gasteiger partial charge in [-0.05, 0) is 43.5 Å². The predicted molar refractivity (Wildman–Crippen MR) is 57.7 cm³/mol. The van der Waals surface area contributed by atoms with E-state index in [-0.39, 0.29) is 0 Å². The largest absolute Gasteiger partial charge is 0.384 e. The molecule has 3 heteroatoms. The normalized spacial score (nSPS) is 16.1. The zero-order valence-corrected chi connectivity index (χ0v) is 8.61.